The maximum Gasteiger partial charge on any atom is 0.0552 e. The highest BCUT2D eigenvalue weighted by atomic mass is 15.1. The van der Waals surface area contributed by atoms with Gasteiger partial charge in [0.15, 0.2) is 0 Å². The van der Waals surface area contributed by atoms with Crippen molar-refractivity contribution in [3.63, 3.8) is 0 Å². The number of rotatable bonds is 1. The fourth-order valence-electron chi connectivity index (χ4n) is 1.70. The monoisotopic (exact) mass is 177 g/mol. The summed E-state index contributed by atoms with van der Waals surface area (Å²) in [7, 11) is 0. The van der Waals surface area contributed by atoms with Crippen LogP contribution in [0.1, 0.15) is 12.8 Å². The Hall–Kier alpha value is -1.09. The van der Waals surface area contributed by atoms with E-state index in [1.807, 2.05) is 12.3 Å². The van der Waals surface area contributed by atoms with Gasteiger partial charge in [-0.3, -0.25) is 4.98 Å². The Morgan fingerprint density at radius 1 is 1.38 bits per heavy atom. The summed E-state index contributed by atoms with van der Waals surface area (Å²) in [6, 6.07) is 4.47. The van der Waals surface area contributed by atoms with E-state index >= 15 is 0 Å². The first-order chi connectivity index (χ1) is 6.36. The van der Waals surface area contributed by atoms with Crippen molar-refractivity contribution in [3.05, 3.63) is 24.5 Å². The van der Waals surface area contributed by atoms with Crippen LogP contribution in [-0.2, 0) is 0 Å². The number of nitrogens with zero attached hydrogens (tertiary/aromatic N) is 2. The van der Waals surface area contributed by atoms with Gasteiger partial charge in [0, 0.05) is 25.3 Å². The molecule has 0 unspecified atom stereocenters. The number of piperidine rings is 1. The summed E-state index contributed by atoms with van der Waals surface area (Å²) in [5.74, 6) is 0. The molecule has 1 aliphatic heterocycles. The Morgan fingerprint density at radius 2 is 2.15 bits per heavy atom. The number of hydrogen-bond acceptors (Lipinski definition) is 3. The van der Waals surface area contributed by atoms with E-state index in [-0.39, 0.29) is 0 Å². The van der Waals surface area contributed by atoms with Gasteiger partial charge in [-0.15, -0.1) is 0 Å². The zero-order valence-corrected chi connectivity index (χ0v) is 7.69. The molecule has 0 amide bonds. The molecule has 3 heteroatoms. The summed E-state index contributed by atoms with van der Waals surface area (Å²) < 4.78 is 0. The van der Waals surface area contributed by atoms with Gasteiger partial charge in [-0.1, -0.05) is 0 Å². The maximum absolute atomic E-state index is 5.83. The van der Waals surface area contributed by atoms with Crippen LogP contribution in [0.25, 0.3) is 0 Å². The highest BCUT2D eigenvalue weighted by molar-refractivity contribution is 5.43. The van der Waals surface area contributed by atoms with Crippen LogP contribution in [0.2, 0.25) is 0 Å². The molecular weight excluding hydrogens is 162 g/mol. The van der Waals surface area contributed by atoms with Gasteiger partial charge in [0.1, 0.15) is 0 Å². The molecule has 1 aromatic rings. The Labute approximate surface area is 78.6 Å². The average molecular weight is 177 g/mol. The van der Waals surface area contributed by atoms with Crippen LogP contribution in [0.5, 0.6) is 0 Å². The lowest BCUT2D eigenvalue weighted by Crippen LogP contribution is -2.39. The normalized spacial score (nSPS) is 19.0. The van der Waals surface area contributed by atoms with Crippen molar-refractivity contribution >= 4 is 5.69 Å². The molecule has 2 N–H and O–H groups in total. The Kier molecular flexibility index (Phi) is 2.45. The molecule has 2 heterocycles. The fraction of sp³-hybridized carbons (Fsp3) is 0.500. The Bertz CT molecular complexity index is 252. The smallest absolute Gasteiger partial charge is 0.0552 e. The molecule has 70 valence electrons. The van der Waals surface area contributed by atoms with E-state index in [4.69, 9.17) is 5.73 Å². The van der Waals surface area contributed by atoms with Gasteiger partial charge < -0.3 is 10.6 Å². The lowest BCUT2D eigenvalue weighted by atomic mass is 10.1. The summed E-state index contributed by atoms with van der Waals surface area (Å²) in [6.07, 6.45) is 5.90. The first-order valence-electron chi connectivity index (χ1n) is 4.77. The second kappa shape index (κ2) is 3.75. The Morgan fingerprint density at radius 3 is 2.77 bits per heavy atom. The van der Waals surface area contributed by atoms with Gasteiger partial charge in [0.25, 0.3) is 0 Å². The summed E-state index contributed by atoms with van der Waals surface area (Å²) in [5, 5.41) is 0. The third-order valence-electron chi connectivity index (χ3n) is 2.55. The number of hydrogen-bond donors (Lipinski definition) is 1. The molecule has 1 aromatic heterocycles. The minimum Gasteiger partial charge on any atom is -0.370 e. The van der Waals surface area contributed by atoms with Crippen molar-refractivity contribution < 1.29 is 0 Å². The van der Waals surface area contributed by atoms with Crippen LogP contribution >= 0.6 is 0 Å². The van der Waals surface area contributed by atoms with Crippen molar-refractivity contribution in [2.24, 2.45) is 5.73 Å². The predicted molar refractivity (Wildman–Crippen MR) is 53.7 cm³/mol. The van der Waals surface area contributed by atoms with E-state index < -0.39 is 0 Å². The van der Waals surface area contributed by atoms with Crippen molar-refractivity contribution in [2.75, 3.05) is 18.0 Å². The van der Waals surface area contributed by atoms with E-state index in [1.165, 1.54) is 5.69 Å². The maximum atomic E-state index is 5.83. The Balaban J connectivity index is 2.03. The van der Waals surface area contributed by atoms with Gasteiger partial charge in [-0.2, -0.15) is 0 Å². The molecule has 1 saturated heterocycles. The number of nitrogens with two attached hydrogens (primary N) is 1. The number of anilines is 1. The molecule has 0 spiro atoms. The second-order valence-electron chi connectivity index (χ2n) is 3.54. The van der Waals surface area contributed by atoms with Gasteiger partial charge >= 0.3 is 0 Å². The highest BCUT2D eigenvalue weighted by Crippen LogP contribution is 2.17. The van der Waals surface area contributed by atoms with Crippen LogP contribution in [0, 0.1) is 0 Å². The van der Waals surface area contributed by atoms with Gasteiger partial charge in [-0.25, -0.2) is 0 Å². The van der Waals surface area contributed by atoms with Crippen LogP contribution in [-0.4, -0.2) is 24.1 Å². The van der Waals surface area contributed by atoms with E-state index in [0.29, 0.717) is 6.04 Å². The number of pyridine rings is 1. The van der Waals surface area contributed by atoms with Crippen LogP contribution in [0.3, 0.4) is 0 Å². The van der Waals surface area contributed by atoms with Crippen molar-refractivity contribution in [1.82, 2.24) is 4.98 Å². The molecule has 0 saturated carbocycles. The molecular formula is C10H15N3. The minimum absolute atomic E-state index is 0.396. The fourth-order valence-corrected chi connectivity index (χ4v) is 1.70. The summed E-state index contributed by atoms with van der Waals surface area (Å²) in [5.41, 5.74) is 7.05. The molecule has 1 aliphatic rings. The average Bonchev–Trinajstić information content (AvgIpc) is 2.20. The largest absolute Gasteiger partial charge is 0.370 e. The molecule has 1 fully saturated rings. The third-order valence-corrected chi connectivity index (χ3v) is 2.55. The summed E-state index contributed by atoms with van der Waals surface area (Å²) in [6.45, 7) is 2.12. The van der Waals surface area contributed by atoms with E-state index in [0.717, 1.165) is 25.9 Å². The van der Waals surface area contributed by atoms with Crippen LogP contribution in [0.4, 0.5) is 5.69 Å². The van der Waals surface area contributed by atoms with Crippen LogP contribution in [0.15, 0.2) is 24.5 Å². The molecule has 13 heavy (non-hydrogen) atoms. The topological polar surface area (TPSA) is 42.1 Å². The van der Waals surface area contributed by atoms with Crippen molar-refractivity contribution in [3.8, 4) is 0 Å². The number of aromatic nitrogens is 1. The first kappa shape index (κ1) is 8.51. The van der Waals surface area contributed by atoms with Gasteiger partial charge in [-0.05, 0) is 25.0 Å². The molecule has 3 nitrogen and oxygen atoms in total. The van der Waals surface area contributed by atoms with Crippen molar-refractivity contribution in [1.29, 1.82) is 0 Å². The zero-order chi connectivity index (χ0) is 9.10. The lowest BCUT2D eigenvalue weighted by molar-refractivity contribution is 0.501. The third kappa shape index (κ3) is 1.98. The minimum atomic E-state index is 0.396. The molecule has 0 aromatic carbocycles. The molecule has 0 bridgehead atoms. The van der Waals surface area contributed by atoms with E-state index in [1.54, 1.807) is 6.20 Å². The molecule has 2 rings (SSSR count). The summed E-state index contributed by atoms with van der Waals surface area (Å²) >= 11 is 0. The SMILES string of the molecule is NC1CCN(c2cccnc2)CC1. The van der Waals surface area contributed by atoms with E-state index in [2.05, 4.69) is 16.0 Å². The predicted octanol–water partition coefficient (Wildman–Crippen LogP) is 1.01. The molecule has 0 aliphatic carbocycles. The van der Waals surface area contributed by atoms with Crippen molar-refractivity contribution in [2.45, 2.75) is 18.9 Å². The molecule has 0 radical (unpaired) electrons. The van der Waals surface area contributed by atoms with E-state index in [9.17, 15) is 0 Å². The lowest BCUT2D eigenvalue weighted by Gasteiger charge is -2.31. The highest BCUT2D eigenvalue weighted by Gasteiger charge is 2.15. The first-order valence-corrected chi connectivity index (χ1v) is 4.77. The second-order valence-corrected chi connectivity index (χ2v) is 3.54. The molecule has 0 atom stereocenters. The summed E-state index contributed by atoms with van der Waals surface area (Å²) in [4.78, 5) is 6.45. The van der Waals surface area contributed by atoms with Gasteiger partial charge in [0.05, 0.1) is 11.9 Å². The zero-order valence-electron chi connectivity index (χ0n) is 7.69. The quantitative estimate of drug-likeness (QED) is 0.696. The standard InChI is InChI=1S/C10H15N3/c11-9-3-6-13(7-4-9)10-2-1-5-12-8-10/h1-2,5,8-9H,3-4,6-7,11H2. The van der Waals surface area contributed by atoms with Gasteiger partial charge in [0.2, 0.25) is 0 Å². The van der Waals surface area contributed by atoms with Crippen LogP contribution < -0.4 is 10.6 Å².